The monoisotopic (exact) mass is 362 g/mol. The van der Waals surface area contributed by atoms with Crippen LogP contribution in [0.4, 0.5) is 0 Å². The maximum absolute atomic E-state index is 10.7. The van der Waals surface area contributed by atoms with Crippen molar-refractivity contribution in [1.82, 2.24) is 0 Å². The predicted molar refractivity (Wildman–Crippen MR) is 100 cm³/mol. The van der Waals surface area contributed by atoms with E-state index < -0.39 is 23.9 Å². The predicted octanol–water partition coefficient (Wildman–Crippen LogP) is 2.97. The molecule has 0 aromatic heterocycles. The average molecular weight is 363 g/mol. The zero-order valence-electron chi connectivity index (χ0n) is 16.5. The molecule has 26 heavy (non-hydrogen) atoms. The van der Waals surface area contributed by atoms with E-state index in [1.807, 2.05) is 0 Å². The number of epoxide rings is 1. The van der Waals surface area contributed by atoms with Gasteiger partial charge in [0, 0.05) is 0 Å². The molecule has 3 aliphatic carbocycles. The zero-order valence-corrected chi connectivity index (χ0v) is 16.5. The normalized spacial score (nSPS) is 49.6. The van der Waals surface area contributed by atoms with Gasteiger partial charge in [0.15, 0.2) is 0 Å². The summed E-state index contributed by atoms with van der Waals surface area (Å²) in [5.74, 6) is 0.997. The van der Waals surface area contributed by atoms with Crippen molar-refractivity contribution in [3.8, 4) is 0 Å². The van der Waals surface area contributed by atoms with Crippen molar-refractivity contribution in [2.75, 3.05) is 6.61 Å². The van der Waals surface area contributed by atoms with Gasteiger partial charge >= 0.3 is 0 Å². The van der Waals surface area contributed by atoms with Gasteiger partial charge in [-0.15, -0.1) is 0 Å². The number of allylic oxidation sites excluding steroid dienone is 2. The van der Waals surface area contributed by atoms with Gasteiger partial charge in [0.2, 0.25) is 0 Å². The van der Waals surface area contributed by atoms with Gasteiger partial charge in [0.1, 0.15) is 23.9 Å². The summed E-state index contributed by atoms with van der Waals surface area (Å²) in [6, 6.07) is 0. The summed E-state index contributed by atoms with van der Waals surface area (Å²) < 4.78 is 5.96. The third kappa shape index (κ3) is 2.49. The van der Waals surface area contributed by atoms with E-state index in [1.165, 1.54) is 24.8 Å². The lowest BCUT2D eigenvalue weighted by molar-refractivity contribution is -0.0506. The molecule has 4 rings (SSSR count). The number of rotatable bonds is 3. The topological polar surface area (TPSA) is 73.2 Å². The van der Waals surface area contributed by atoms with E-state index in [2.05, 4.69) is 33.8 Å². The molecule has 7 atom stereocenters. The summed E-state index contributed by atoms with van der Waals surface area (Å²) in [5.41, 5.74) is 1.73. The Balaban J connectivity index is 1.65. The Hall–Kier alpha value is -0.680. The molecular formula is C22H34O4. The second-order valence-corrected chi connectivity index (χ2v) is 10.1. The van der Waals surface area contributed by atoms with Crippen LogP contribution in [0.5, 0.6) is 0 Å². The number of aliphatic hydroxyl groups is 3. The van der Waals surface area contributed by atoms with E-state index in [1.54, 1.807) is 6.08 Å². The Labute approximate surface area is 156 Å². The molecule has 0 aromatic carbocycles. The fraction of sp³-hybridized carbons (Fsp3) is 0.818. The van der Waals surface area contributed by atoms with Gasteiger partial charge in [-0.05, 0) is 66.9 Å². The molecule has 0 unspecified atom stereocenters. The van der Waals surface area contributed by atoms with E-state index in [9.17, 15) is 15.3 Å². The third-order valence-corrected chi connectivity index (χ3v) is 8.31. The molecule has 4 heteroatoms. The summed E-state index contributed by atoms with van der Waals surface area (Å²) in [6.07, 6.45) is 7.70. The number of aliphatic hydroxyl groups excluding tert-OH is 3. The highest BCUT2D eigenvalue weighted by atomic mass is 16.6. The first kappa shape index (κ1) is 18.7. The lowest BCUT2D eigenvalue weighted by Crippen LogP contribution is -2.51. The van der Waals surface area contributed by atoms with Crippen LogP contribution in [0.2, 0.25) is 0 Å². The molecule has 4 nitrogen and oxygen atoms in total. The van der Waals surface area contributed by atoms with Crippen LogP contribution in [0.3, 0.4) is 0 Å². The molecule has 3 N–H and O–H groups in total. The lowest BCUT2D eigenvalue weighted by Gasteiger charge is -2.57. The van der Waals surface area contributed by atoms with Crippen molar-refractivity contribution in [1.29, 1.82) is 0 Å². The van der Waals surface area contributed by atoms with Crippen LogP contribution in [0.1, 0.15) is 59.8 Å². The van der Waals surface area contributed by atoms with Crippen molar-refractivity contribution in [3.05, 3.63) is 23.3 Å². The average Bonchev–Trinajstić information content (AvgIpc) is 3.30. The fourth-order valence-corrected chi connectivity index (χ4v) is 6.69. The Bertz CT molecular complexity index is 651. The molecule has 4 aliphatic rings. The molecule has 0 radical (unpaired) electrons. The van der Waals surface area contributed by atoms with Crippen LogP contribution in [0.15, 0.2) is 23.3 Å². The van der Waals surface area contributed by atoms with Gasteiger partial charge in [-0.25, -0.2) is 0 Å². The molecule has 0 bridgehead atoms. The molecule has 0 amide bonds. The van der Waals surface area contributed by atoms with Crippen LogP contribution in [-0.4, -0.2) is 45.8 Å². The van der Waals surface area contributed by atoms with Crippen LogP contribution in [0, 0.1) is 22.7 Å². The fourth-order valence-electron chi connectivity index (χ4n) is 6.69. The number of ether oxygens (including phenoxy) is 1. The summed E-state index contributed by atoms with van der Waals surface area (Å²) in [7, 11) is 0. The minimum atomic E-state index is -0.803. The molecule has 1 saturated carbocycles. The summed E-state index contributed by atoms with van der Waals surface area (Å²) >= 11 is 0. The van der Waals surface area contributed by atoms with Crippen LogP contribution in [0.25, 0.3) is 0 Å². The van der Waals surface area contributed by atoms with Gasteiger partial charge in [0.05, 0.1) is 6.61 Å². The van der Waals surface area contributed by atoms with E-state index in [-0.39, 0.29) is 12.0 Å². The highest BCUT2D eigenvalue weighted by Gasteiger charge is 2.68. The number of hydrogen-bond donors (Lipinski definition) is 3. The molecule has 0 aromatic rings. The van der Waals surface area contributed by atoms with Gasteiger partial charge in [-0.2, -0.15) is 0 Å². The first-order valence-electron chi connectivity index (χ1n) is 10.2. The molecule has 1 aliphatic heterocycles. The Kier molecular flexibility index (Phi) is 4.24. The molecular weight excluding hydrogens is 328 g/mol. The quantitative estimate of drug-likeness (QED) is 0.533. The van der Waals surface area contributed by atoms with Crippen molar-refractivity contribution >= 4 is 0 Å². The molecule has 146 valence electrons. The maximum Gasteiger partial charge on any atom is 0.128 e. The second kappa shape index (κ2) is 5.91. The minimum Gasteiger partial charge on any atom is -0.392 e. The summed E-state index contributed by atoms with van der Waals surface area (Å²) in [6.45, 7) is 9.25. The zero-order chi connectivity index (χ0) is 18.9. The molecule has 2 fully saturated rings. The van der Waals surface area contributed by atoms with Crippen LogP contribution < -0.4 is 0 Å². The third-order valence-electron chi connectivity index (χ3n) is 8.31. The van der Waals surface area contributed by atoms with Crippen molar-refractivity contribution in [2.45, 2.75) is 83.7 Å². The van der Waals surface area contributed by atoms with Gasteiger partial charge in [-0.1, -0.05) is 38.8 Å². The highest BCUT2D eigenvalue weighted by Crippen LogP contribution is 2.63. The minimum absolute atomic E-state index is 0.206. The van der Waals surface area contributed by atoms with Gasteiger partial charge in [0.25, 0.3) is 0 Å². The summed E-state index contributed by atoms with van der Waals surface area (Å²) in [4.78, 5) is 0. The molecule has 1 heterocycles. The number of fused-ring (bicyclic) bond motifs is 2. The largest absolute Gasteiger partial charge is 0.392 e. The van der Waals surface area contributed by atoms with Gasteiger partial charge in [-0.3, -0.25) is 0 Å². The second-order valence-electron chi connectivity index (χ2n) is 10.1. The SMILES string of the molecule is CC1=CC[C@@H]2C(C)(C)CCC[C@]2(C)[C@H]1C[C@@]12O[C@@H]1[C@H](O)C(CO)=C[C@@H]2O. The van der Waals surface area contributed by atoms with Crippen molar-refractivity contribution in [3.63, 3.8) is 0 Å². The first-order valence-corrected chi connectivity index (χ1v) is 10.2. The van der Waals surface area contributed by atoms with Crippen molar-refractivity contribution in [2.24, 2.45) is 22.7 Å². The first-order chi connectivity index (χ1) is 12.2. The van der Waals surface area contributed by atoms with E-state index in [0.717, 1.165) is 12.8 Å². The van der Waals surface area contributed by atoms with E-state index in [4.69, 9.17) is 4.74 Å². The van der Waals surface area contributed by atoms with Gasteiger partial charge < -0.3 is 20.1 Å². The van der Waals surface area contributed by atoms with Crippen molar-refractivity contribution < 1.29 is 20.1 Å². The van der Waals surface area contributed by atoms with Crippen LogP contribution >= 0.6 is 0 Å². The van der Waals surface area contributed by atoms with E-state index >= 15 is 0 Å². The summed E-state index contributed by atoms with van der Waals surface area (Å²) in [5, 5.41) is 30.6. The number of hydrogen-bond acceptors (Lipinski definition) is 4. The smallest absolute Gasteiger partial charge is 0.128 e. The highest BCUT2D eigenvalue weighted by molar-refractivity contribution is 5.33. The van der Waals surface area contributed by atoms with E-state index in [0.29, 0.717) is 22.8 Å². The molecule has 0 spiro atoms. The maximum atomic E-state index is 10.7. The Morgan fingerprint density at radius 3 is 2.62 bits per heavy atom. The Morgan fingerprint density at radius 2 is 1.92 bits per heavy atom. The standard InChI is InChI=1S/C22H34O4/c1-13-6-7-16-20(2,3)8-5-9-21(16,4)15(13)11-22-17(24)10-14(12-23)18(25)19(22)26-22/h6,10,15-19,23-25H,5,7-9,11-12H2,1-4H3/t15-,16+,17-,18+,19+,21+,22-/m0/s1. The lowest BCUT2D eigenvalue weighted by atomic mass is 9.47. The molecule has 1 saturated heterocycles. The van der Waals surface area contributed by atoms with Crippen LogP contribution in [-0.2, 0) is 4.74 Å². The Morgan fingerprint density at radius 1 is 1.19 bits per heavy atom.